The van der Waals surface area contributed by atoms with E-state index in [1.54, 1.807) is 11.8 Å². The molecular formula is C14H19N3S. The fraction of sp³-hybridized carbons (Fsp3) is 0.357. The molecule has 1 unspecified atom stereocenters. The molecule has 4 heteroatoms. The van der Waals surface area contributed by atoms with Crippen molar-refractivity contribution >= 4 is 11.8 Å². The normalized spacial score (nSPS) is 12.6. The van der Waals surface area contributed by atoms with Gasteiger partial charge in [0.2, 0.25) is 0 Å². The third kappa shape index (κ3) is 3.37. The smallest absolute Gasteiger partial charge is 0.0537 e. The Balaban J connectivity index is 1.93. The van der Waals surface area contributed by atoms with Crippen molar-refractivity contribution in [3.05, 3.63) is 47.8 Å². The molecule has 0 saturated carbocycles. The zero-order chi connectivity index (χ0) is 13.0. The Labute approximate surface area is 112 Å². The van der Waals surface area contributed by atoms with Crippen molar-refractivity contribution in [2.45, 2.75) is 31.3 Å². The first-order valence-corrected chi connectivity index (χ1v) is 7.15. The molecule has 0 spiro atoms. The third-order valence-electron chi connectivity index (χ3n) is 2.82. The van der Waals surface area contributed by atoms with Crippen molar-refractivity contribution in [3.8, 4) is 0 Å². The van der Waals surface area contributed by atoms with Gasteiger partial charge in [0.1, 0.15) is 0 Å². The van der Waals surface area contributed by atoms with Crippen LogP contribution in [0.3, 0.4) is 0 Å². The van der Waals surface area contributed by atoms with Crippen LogP contribution in [0.2, 0.25) is 0 Å². The second kappa shape index (κ2) is 6.07. The molecule has 18 heavy (non-hydrogen) atoms. The van der Waals surface area contributed by atoms with Crippen LogP contribution >= 0.6 is 11.8 Å². The van der Waals surface area contributed by atoms with E-state index in [1.807, 2.05) is 17.1 Å². The maximum atomic E-state index is 6.17. The van der Waals surface area contributed by atoms with E-state index in [0.717, 1.165) is 17.9 Å². The van der Waals surface area contributed by atoms with E-state index in [4.69, 9.17) is 5.73 Å². The highest BCUT2D eigenvalue weighted by Crippen LogP contribution is 2.23. The number of thioether (sulfide) groups is 1. The lowest BCUT2D eigenvalue weighted by molar-refractivity contribution is 0.658. The Morgan fingerprint density at radius 2 is 2.28 bits per heavy atom. The predicted molar refractivity (Wildman–Crippen MR) is 76.7 cm³/mol. The number of aromatic nitrogens is 2. The Hall–Kier alpha value is -1.26. The summed E-state index contributed by atoms with van der Waals surface area (Å²) in [4.78, 5) is 1.27. The Morgan fingerprint density at radius 3 is 2.94 bits per heavy atom. The van der Waals surface area contributed by atoms with Gasteiger partial charge in [-0.2, -0.15) is 5.10 Å². The molecule has 96 valence electrons. The van der Waals surface area contributed by atoms with Crippen molar-refractivity contribution in [3.63, 3.8) is 0 Å². The maximum absolute atomic E-state index is 6.17. The van der Waals surface area contributed by atoms with Crippen molar-refractivity contribution in [1.82, 2.24) is 9.78 Å². The third-order valence-corrected chi connectivity index (χ3v) is 3.94. The molecule has 3 nitrogen and oxygen atoms in total. The van der Waals surface area contributed by atoms with Gasteiger partial charge >= 0.3 is 0 Å². The highest BCUT2D eigenvalue weighted by atomic mass is 32.2. The molecule has 0 aliphatic heterocycles. The molecule has 1 aromatic carbocycles. The summed E-state index contributed by atoms with van der Waals surface area (Å²) in [6, 6.07) is 8.54. The molecule has 2 N–H and O–H groups in total. The lowest BCUT2D eigenvalue weighted by Gasteiger charge is -2.09. The predicted octanol–water partition coefficient (Wildman–Crippen LogP) is 3.00. The molecule has 0 fully saturated rings. The largest absolute Gasteiger partial charge is 0.323 e. The number of hydrogen-bond acceptors (Lipinski definition) is 3. The van der Waals surface area contributed by atoms with Gasteiger partial charge in [0.25, 0.3) is 0 Å². The second-order valence-electron chi connectivity index (χ2n) is 4.36. The summed E-state index contributed by atoms with van der Waals surface area (Å²) >= 11 is 1.79. The van der Waals surface area contributed by atoms with Crippen LogP contribution in [0.15, 0.2) is 41.6 Å². The monoisotopic (exact) mass is 261 g/mol. The fourth-order valence-electron chi connectivity index (χ4n) is 1.73. The zero-order valence-corrected chi connectivity index (χ0v) is 11.7. The van der Waals surface area contributed by atoms with Crippen LogP contribution in [0.1, 0.15) is 24.1 Å². The Morgan fingerprint density at radius 1 is 1.44 bits per heavy atom. The van der Waals surface area contributed by atoms with Crippen LogP contribution in [0.4, 0.5) is 0 Å². The van der Waals surface area contributed by atoms with Gasteiger partial charge in [0, 0.05) is 35.0 Å². The number of aryl methyl sites for hydroxylation is 2. The lowest BCUT2D eigenvalue weighted by atomic mass is 10.2. The molecule has 1 heterocycles. The van der Waals surface area contributed by atoms with Gasteiger partial charge in [-0.15, -0.1) is 11.8 Å². The quantitative estimate of drug-likeness (QED) is 0.841. The van der Waals surface area contributed by atoms with Crippen LogP contribution in [0.25, 0.3) is 0 Å². The number of nitrogens with two attached hydrogens (primary N) is 1. The highest BCUT2D eigenvalue weighted by Gasteiger charge is 2.09. The van der Waals surface area contributed by atoms with Gasteiger partial charge in [-0.05, 0) is 26.0 Å². The minimum Gasteiger partial charge on any atom is -0.323 e. The first-order chi connectivity index (χ1) is 8.69. The molecule has 1 atom stereocenters. The lowest BCUT2D eigenvalue weighted by Crippen LogP contribution is -2.12. The average molecular weight is 261 g/mol. The summed E-state index contributed by atoms with van der Waals surface area (Å²) in [6.07, 6.45) is 3.90. The maximum Gasteiger partial charge on any atom is 0.0537 e. The van der Waals surface area contributed by atoms with E-state index < -0.39 is 0 Å². The van der Waals surface area contributed by atoms with Gasteiger partial charge in [-0.1, -0.05) is 17.7 Å². The summed E-state index contributed by atoms with van der Waals surface area (Å²) in [7, 11) is 0. The molecule has 0 aliphatic rings. The zero-order valence-electron chi connectivity index (χ0n) is 10.8. The summed E-state index contributed by atoms with van der Waals surface area (Å²) in [5, 5.41) is 4.25. The van der Waals surface area contributed by atoms with Gasteiger partial charge in [0.05, 0.1) is 6.20 Å². The van der Waals surface area contributed by atoms with Crippen molar-refractivity contribution < 1.29 is 0 Å². The SMILES string of the molecule is CCn1cc(C(N)CSc2cccc(C)c2)cn1. The Kier molecular flexibility index (Phi) is 4.44. The van der Waals surface area contributed by atoms with E-state index in [1.165, 1.54) is 10.5 Å². The summed E-state index contributed by atoms with van der Waals surface area (Å²) in [5.74, 6) is 0.874. The summed E-state index contributed by atoms with van der Waals surface area (Å²) < 4.78 is 1.91. The number of benzene rings is 1. The molecular weight excluding hydrogens is 242 g/mol. The molecule has 0 aliphatic carbocycles. The van der Waals surface area contributed by atoms with Crippen LogP contribution in [-0.4, -0.2) is 15.5 Å². The standard InChI is InChI=1S/C14H19N3S/c1-3-17-9-12(8-16-17)14(15)10-18-13-6-4-5-11(2)7-13/h4-9,14H,3,10,15H2,1-2H3. The van der Waals surface area contributed by atoms with E-state index in [2.05, 4.69) is 43.2 Å². The van der Waals surface area contributed by atoms with Crippen LogP contribution < -0.4 is 5.73 Å². The molecule has 0 amide bonds. The second-order valence-corrected chi connectivity index (χ2v) is 5.46. The van der Waals surface area contributed by atoms with E-state index in [9.17, 15) is 0 Å². The molecule has 1 aromatic heterocycles. The minimum atomic E-state index is 0.0378. The fourth-order valence-corrected chi connectivity index (χ4v) is 2.74. The summed E-state index contributed by atoms with van der Waals surface area (Å²) in [5.41, 5.74) is 8.57. The van der Waals surface area contributed by atoms with Crippen molar-refractivity contribution in [2.75, 3.05) is 5.75 Å². The van der Waals surface area contributed by atoms with Gasteiger partial charge in [-0.25, -0.2) is 0 Å². The number of hydrogen-bond donors (Lipinski definition) is 1. The Bertz CT molecular complexity index is 507. The van der Waals surface area contributed by atoms with Gasteiger partial charge in [-0.3, -0.25) is 4.68 Å². The number of rotatable bonds is 5. The van der Waals surface area contributed by atoms with Crippen molar-refractivity contribution in [2.24, 2.45) is 5.73 Å². The van der Waals surface area contributed by atoms with Gasteiger partial charge < -0.3 is 5.73 Å². The van der Waals surface area contributed by atoms with E-state index in [0.29, 0.717) is 0 Å². The topological polar surface area (TPSA) is 43.8 Å². The minimum absolute atomic E-state index is 0.0378. The van der Waals surface area contributed by atoms with Crippen molar-refractivity contribution in [1.29, 1.82) is 0 Å². The number of nitrogens with zero attached hydrogens (tertiary/aromatic N) is 2. The van der Waals surface area contributed by atoms with E-state index >= 15 is 0 Å². The van der Waals surface area contributed by atoms with E-state index in [-0.39, 0.29) is 6.04 Å². The molecule has 2 aromatic rings. The average Bonchev–Trinajstić information content (AvgIpc) is 2.85. The van der Waals surface area contributed by atoms with Gasteiger partial charge in [0.15, 0.2) is 0 Å². The van der Waals surface area contributed by atoms with Crippen LogP contribution in [0.5, 0.6) is 0 Å². The molecule has 0 radical (unpaired) electrons. The highest BCUT2D eigenvalue weighted by molar-refractivity contribution is 7.99. The van der Waals surface area contributed by atoms with Crippen LogP contribution in [-0.2, 0) is 6.54 Å². The molecule has 0 bridgehead atoms. The molecule has 2 rings (SSSR count). The molecule has 0 saturated heterocycles. The first kappa shape index (κ1) is 13.2. The van der Waals surface area contributed by atoms with Crippen LogP contribution in [0, 0.1) is 6.92 Å². The first-order valence-electron chi connectivity index (χ1n) is 6.16. The summed E-state index contributed by atoms with van der Waals surface area (Å²) in [6.45, 7) is 5.07.